The maximum Gasteiger partial charge on any atom is 0.127 e. The lowest BCUT2D eigenvalue weighted by atomic mass is 10.1. The molecule has 1 aromatic rings. The van der Waals surface area contributed by atoms with Crippen LogP contribution in [0.15, 0.2) is 30.3 Å². The summed E-state index contributed by atoms with van der Waals surface area (Å²) < 4.78 is 5.54. The van der Waals surface area contributed by atoms with Crippen molar-refractivity contribution in [2.24, 2.45) is 0 Å². The number of ether oxygens (including phenoxy) is 1. The Morgan fingerprint density at radius 3 is 3.00 bits per heavy atom. The second-order valence-corrected chi connectivity index (χ2v) is 2.72. The standard InChI is InChI=1S/C10H10O/c1-8-6-7-9-4-2-3-5-10(9)11-8/h2-8H,1H3/t8-/m1/s1. The summed E-state index contributed by atoms with van der Waals surface area (Å²) in [6.07, 6.45) is 4.37. The zero-order valence-electron chi connectivity index (χ0n) is 6.45. The van der Waals surface area contributed by atoms with Crippen LogP contribution < -0.4 is 4.74 Å². The van der Waals surface area contributed by atoms with Gasteiger partial charge in [-0.15, -0.1) is 0 Å². The van der Waals surface area contributed by atoms with Crippen LogP contribution in [0.2, 0.25) is 0 Å². The Morgan fingerprint density at radius 1 is 1.27 bits per heavy atom. The molecular weight excluding hydrogens is 136 g/mol. The van der Waals surface area contributed by atoms with Crippen LogP contribution in [-0.2, 0) is 0 Å². The first kappa shape index (κ1) is 6.47. The first-order valence-electron chi connectivity index (χ1n) is 3.80. The molecule has 0 saturated carbocycles. The summed E-state index contributed by atoms with van der Waals surface area (Å²) in [6, 6.07) is 8.06. The molecule has 0 bridgehead atoms. The number of rotatable bonds is 0. The van der Waals surface area contributed by atoms with E-state index < -0.39 is 0 Å². The Kier molecular flexibility index (Phi) is 1.42. The maximum atomic E-state index is 5.54. The monoisotopic (exact) mass is 146 g/mol. The fourth-order valence-electron chi connectivity index (χ4n) is 1.20. The van der Waals surface area contributed by atoms with Crippen molar-refractivity contribution < 1.29 is 4.74 Å². The molecule has 0 amide bonds. The highest BCUT2D eigenvalue weighted by atomic mass is 16.5. The van der Waals surface area contributed by atoms with E-state index in [1.807, 2.05) is 25.1 Å². The molecule has 1 atom stereocenters. The number of fused-ring (bicyclic) bond motifs is 1. The molecule has 56 valence electrons. The lowest BCUT2D eigenvalue weighted by Gasteiger charge is -2.17. The first-order chi connectivity index (χ1) is 5.36. The average Bonchev–Trinajstić information content (AvgIpc) is 2.04. The van der Waals surface area contributed by atoms with Crippen LogP contribution in [-0.4, -0.2) is 6.10 Å². The molecule has 1 nitrogen and oxygen atoms in total. The summed E-state index contributed by atoms with van der Waals surface area (Å²) in [5.74, 6) is 0.988. The van der Waals surface area contributed by atoms with E-state index in [9.17, 15) is 0 Å². The lowest BCUT2D eigenvalue weighted by Crippen LogP contribution is -2.11. The SMILES string of the molecule is C[C@@H]1C=Cc2ccccc2O1. The van der Waals surface area contributed by atoms with Gasteiger partial charge in [0.1, 0.15) is 11.9 Å². The van der Waals surface area contributed by atoms with E-state index in [0.717, 1.165) is 5.75 Å². The van der Waals surface area contributed by atoms with Crippen LogP contribution in [0.1, 0.15) is 12.5 Å². The van der Waals surface area contributed by atoms with Crippen molar-refractivity contribution in [1.82, 2.24) is 0 Å². The molecule has 1 aliphatic rings. The van der Waals surface area contributed by atoms with Gasteiger partial charge in [0.05, 0.1) is 0 Å². The van der Waals surface area contributed by atoms with E-state index >= 15 is 0 Å². The lowest BCUT2D eigenvalue weighted by molar-refractivity contribution is 0.266. The van der Waals surface area contributed by atoms with E-state index in [-0.39, 0.29) is 6.10 Å². The second kappa shape index (κ2) is 2.42. The van der Waals surface area contributed by atoms with Crippen molar-refractivity contribution in [3.63, 3.8) is 0 Å². The van der Waals surface area contributed by atoms with Crippen LogP contribution in [0.3, 0.4) is 0 Å². The summed E-state index contributed by atoms with van der Waals surface area (Å²) in [7, 11) is 0. The van der Waals surface area contributed by atoms with Crippen molar-refractivity contribution >= 4 is 6.08 Å². The van der Waals surface area contributed by atoms with E-state index in [1.165, 1.54) is 5.56 Å². The molecule has 1 heteroatoms. The minimum Gasteiger partial charge on any atom is -0.486 e. The highest BCUT2D eigenvalue weighted by Crippen LogP contribution is 2.24. The summed E-state index contributed by atoms with van der Waals surface area (Å²) >= 11 is 0. The second-order valence-electron chi connectivity index (χ2n) is 2.72. The highest BCUT2D eigenvalue weighted by Gasteiger charge is 2.07. The molecule has 11 heavy (non-hydrogen) atoms. The fraction of sp³-hybridized carbons (Fsp3) is 0.200. The quantitative estimate of drug-likeness (QED) is 0.546. The molecule has 0 aromatic heterocycles. The molecule has 0 spiro atoms. The molecule has 2 rings (SSSR count). The highest BCUT2D eigenvalue weighted by molar-refractivity contribution is 5.59. The zero-order chi connectivity index (χ0) is 7.68. The molecule has 1 heterocycles. The Morgan fingerprint density at radius 2 is 2.09 bits per heavy atom. The summed E-state index contributed by atoms with van der Waals surface area (Å²) in [6.45, 7) is 2.03. The van der Waals surface area contributed by atoms with Crippen LogP contribution in [0.4, 0.5) is 0 Å². The van der Waals surface area contributed by atoms with E-state index in [0.29, 0.717) is 0 Å². The summed E-state index contributed by atoms with van der Waals surface area (Å²) in [4.78, 5) is 0. The number of benzene rings is 1. The number of para-hydroxylation sites is 1. The normalized spacial score (nSPS) is 20.6. The molecule has 0 fully saturated rings. The minimum atomic E-state index is 0.213. The third kappa shape index (κ3) is 1.14. The van der Waals surface area contributed by atoms with Crippen molar-refractivity contribution in [1.29, 1.82) is 0 Å². The molecular formula is C10H10O. The Hall–Kier alpha value is -1.24. The number of hydrogen-bond donors (Lipinski definition) is 0. The van der Waals surface area contributed by atoms with Gasteiger partial charge in [0.25, 0.3) is 0 Å². The van der Waals surface area contributed by atoms with Crippen LogP contribution in [0.25, 0.3) is 6.08 Å². The Bertz CT molecular complexity index is 289. The molecule has 0 saturated heterocycles. The molecule has 1 aromatic carbocycles. The van der Waals surface area contributed by atoms with Crippen LogP contribution in [0.5, 0.6) is 5.75 Å². The zero-order valence-corrected chi connectivity index (χ0v) is 6.45. The molecule has 0 radical (unpaired) electrons. The van der Waals surface area contributed by atoms with E-state index in [4.69, 9.17) is 4.74 Å². The van der Waals surface area contributed by atoms with Crippen molar-refractivity contribution in [3.05, 3.63) is 35.9 Å². The minimum absolute atomic E-state index is 0.213. The largest absolute Gasteiger partial charge is 0.486 e. The third-order valence-electron chi connectivity index (χ3n) is 1.78. The molecule has 0 N–H and O–H groups in total. The van der Waals surface area contributed by atoms with Gasteiger partial charge >= 0.3 is 0 Å². The summed E-state index contributed by atoms with van der Waals surface area (Å²) in [5.41, 5.74) is 1.17. The van der Waals surface area contributed by atoms with Gasteiger partial charge in [-0.25, -0.2) is 0 Å². The molecule has 0 aliphatic carbocycles. The predicted octanol–water partition coefficient (Wildman–Crippen LogP) is 2.48. The van der Waals surface area contributed by atoms with E-state index in [2.05, 4.69) is 18.2 Å². The van der Waals surface area contributed by atoms with Crippen molar-refractivity contribution in [3.8, 4) is 5.75 Å². The van der Waals surface area contributed by atoms with Gasteiger partial charge in [-0.3, -0.25) is 0 Å². The Balaban J connectivity index is 2.46. The average molecular weight is 146 g/mol. The predicted molar refractivity (Wildman–Crippen MR) is 45.6 cm³/mol. The molecule has 0 unspecified atom stereocenters. The third-order valence-corrected chi connectivity index (χ3v) is 1.78. The van der Waals surface area contributed by atoms with Crippen molar-refractivity contribution in [2.75, 3.05) is 0 Å². The van der Waals surface area contributed by atoms with Crippen molar-refractivity contribution in [2.45, 2.75) is 13.0 Å². The van der Waals surface area contributed by atoms with Crippen LogP contribution in [0, 0.1) is 0 Å². The van der Waals surface area contributed by atoms with Gasteiger partial charge in [-0.1, -0.05) is 24.3 Å². The smallest absolute Gasteiger partial charge is 0.127 e. The molecule has 1 aliphatic heterocycles. The fourth-order valence-corrected chi connectivity index (χ4v) is 1.20. The van der Waals surface area contributed by atoms with E-state index in [1.54, 1.807) is 0 Å². The van der Waals surface area contributed by atoms with Gasteiger partial charge in [-0.2, -0.15) is 0 Å². The maximum absolute atomic E-state index is 5.54. The van der Waals surface area contributed by atoms with Gasteiger partial charge in [0.2, 0.25) is 0 Å². The topological polar surface area (TPSA) is 9.23 Å². The van der Waals surface area contributed by atoms with Gasteiger partial charge < -0.3 is 4.74 Å². The Labute approximate surface area is 66.3 Å². The summed E-state index contributed by atoms with van der Waals surface area (Å²) in [5, 5.41) is 0. The number of hydrogen-bond acceptors (Lipinski definition) is 1. The van der Waals surface area contributed by atoms with Gasteiger partial charge in [-0.05, 0) is 19.1 Å². The van der Waals surface area contributed by atoms with Gasteiger partial charge in [0, 0.05) is 5.56 Å². The van der Waals surface area contributed by atoms with Gasteiger partial charge in [0.15, 0.2) is 0 Å². The first-order valence-corrected chi connectivity index (χ1v) is 3.80. The van der Waals surface area contributed by atoms with Crippen LogP contribution >= 0.6 is 0 Å².